The molecule has 0 aromatic heterocycles. The summed E-state index contributed by atoms with van der Waals surface area (Å²) in [4.78, 5) is 11.2. The molecule has 0 heterocycles. The van der Waals surface area contributed by atoms with Crippen molar-refractivity contribution >= 4 is 21.8 Å². The average Bonchev–Trinajstić information content (AvgIpc) is 2.10. The zero-order valence-corrected chi connectivity index (χ0v) is 9.36. The van der Waals surface area contributed by atoms with Gasteiger partial charge < -0.3 is 10.6 Å². The van der Waals surface area contributed by atoms with Crippen molar-refractivity contribution < 1.29 is 4.79 Å². The van der Waals surface area contributed by atoms with E-state index in [1.165, 1.54) is 0 Å². The Balaban J connectivity index is 3.68. The van der Waals surface area contributed by atoms with Crippen molar-refractivity contribution in [1.82, 2.24) is 10.6 Å². The lowest BCUT2D eigenvalue weighted by atomic mass is 10.3. The first-order valence-corrected chi connectivity index (χ1v) is 4.82. The maximum Gasteiger partial charge on any atom is 0.237 e. The number of carbonyl (C=O) groups excluding carboxylic acids is 1. The molecule has 0 aliphatic rings. The third-order valence-electron chi connectivity index (χ3n) is 1.41. The zero-order valence-electron chi connectivity index (χ0n) is 7.77. The van der Waals surface area contributed by atoms with Crippen LogP contribution in [0, 0.1) is 0 Å². The summed E-state index contributed by atoms with van der Waals surface area (Å²) in [6.45, 7) is 10.1. The predicted molar refractivity (Wildman–Crippen MR) is 58.7 cm³/mol. The first kappa shape index (κ1) is 12.4. The van der Waals surface area contributed by atoms with Crippen LogP contribution in [-0.4, -0.2) is 25.0 Å². The van der Waals surface area contributed by atoms with Crippen molar-refractivity contribution in [3.05, 3.63) is 23.7 Å². The molecule has 0 aliphatic heterocycles. The van der Waals surface area contributed by atoms with Gasteiger partial charge >= 0.3 is 0 Å². The topological polar surface area (TPSA) is 41.1 Å². The molecule has 4 heteroatoms. The second-order valence-corrected chi connectivity index (χ2v) is 3.78. The molecule has 0 bridgehead atoms. The number of hydrogen-bond donors (Lipinski definition) is 2. The van der Waals surface area contributed by atoms with Gasteiger partial charge in [-0.1, -0.05) is 28.6 Å². The van der Waals surface area contributed by atoms with Crippen LogP contribution in [-0.2, 0) is 4.79 Å². The Morgan fingerprint density at radius 3 is 2.77 bits per heavy atom. The molecule has 0 saturated carbocycles. The highest BCUT2D eigenvalue weighted by atomic mass is 79.9. The Bertz CT molecular complexity index is 204. The van der Waals surface area contributed by atoms with E-state index in [9.17, 15) is 4.79 Å². The Morgan fingerprint density at radius 2 is 2.31 bits per heavy atom. The Labute approximate surface area is 87.4 Å². The second kappa shape index (κ2) is 6.86. The molecule has 3 nitrogen and oxygen atoms in total. The van der Waals surface area contributed by atoms with E-state index in [0.29, 0.717) is 13.1 Å². The molecule has 1 atom stereocenters. The highest BCUT2D eigenvalue weighted by molar-refractivity contribution is 9.11. The fourth-order valence-corrected chi connectivity index (χ4v) is 0.844. The van der Waals surface area contributed by atoms with Crippen molar-refractivity contribution in [2.24, 2.45) is 0 Å². The van der Waals surface area contributed by atoms with E-state index >= 15 is 0 Å². The molecule has 0 radical (unpaired) electrons. The molecule has 2 N–H and O–H groups in total. The molecule has 0 aromatic rings. The molecule has 0 saturated heterocycles. The number of carbonyl (C=O) groups is 1. The standard InChI is InChI=1S/C9H15BrN2O/c1-4-5-11-9(13)8(3)12-6-7(2)10/h4,8,12H,1-2,5-6H2,3H3,(H,11,13). The molecular formula is C9H15BrN2O. The van der Waals surface area contributed by atoms with Crippen LogP contribution >= 0.6 is 15.9 Å². The number of nitrogens with one attached hydrogen (secondary N) is 2. The summed E-state index contributed by atoms with van der Waals surface area (Å²) < 4.78 is 0.830. The van der Waals surface area contributed by atoms with E-state index in [2.05, 4.69) is 39.7 Å². The number of halogens is 1. The molecule has 0 aromatic carbocycles. The van der Waals surface area contributed by atoms with Crippen LogP contribution in [0.2, 0.25) is 0 Å². The highest BCUT2D eigenvalue weighted by Gasteiger charge is 2.09. The van der Waals surface area contributed by atoms with Gasteiger partial charge in [0.25, 0.3) is 0 Å². The van der Waals surface area contributed by atoms with Gasteiger partial charge in [-0.05, 0) is 6.92 Å². The largest absolute Gasteiger partial charge is 0.351 e. The van der Waals surface area contributed by atoms with Crippen LogP contribution in [0.25, 0.3) is 0 Å². The lowest BCUT2D eigenvalue weighted by Crippen LogP contribution is -2.42. The quantitative estimate of drug-likeness (QED) is 0.692. The monoisotopic (exact) mass is 246 g/mol. The molecule has 0 aliphatic carbocycles. The molecule has 1 amide bonds. The normalized spacial score (nSPS) is 11.8. The summed E-state index contributed by atoms with van der Waals surface area (Å²) in [5.74, 6) is -0.0337. The lowest BCUT2D eigenvalue weighted by Gasteiger charge is -2.12. The van der Waals surface area contributed by atoms with E-state index in [4.69, 9.17) is 0 Å². The molecule has 13 heavy (non-hydrogen) atoms. The minimum atomic E-state index is -0.214. The third kappa shape index (κ3) is 6.54. The van der Waals surface area contributed by atoms with Gasteiger partial charge in [0.2, 0.25) is 5.91 Å². The first-order valence-electron chi connectivity index (χ1n) is 4.03. The lowest BCUT2D eigenvalue weighted by molar-refractivity contribution is -0.122. The molecular weight excluding hydrogens is 232 g/mol. The molecule has 0 rings (SSSR count). The Morgan fingerprint density at radius 1 is 1.69 bits per heavy atom. The number of hydrogen-bond acceptors (Lipinski definition) is 2. The van der Waals surface area contributed by atoms with Crippen molar-refractivity contribution in [3.63, 3.8) is 0 Å². The summed E-state index contributed by atoms with van der Waals surface area (Å²) in [5.41, 5.74) is 0. The minimum absolute atomic E-state index is 0.0337. The predicted octanol–water partition coefficient (Wildman–Crippen LogP) is 1.18. The van der Waals surface area contributed by atoms with E-state index in [0.717, 1.165) is 4.48 Å². The Hall–Kier alpha value is -0.610. The van der Waals surface area contributed by atoms with Crippen molar-refractivity contribution in [2.75, 3.05) is 13.1 Å². The van der Waals surface area contributed by atoms with Crippen LogP contribution in [0.3, 0.4) is 0 Å². The first-order chi connectivity index (χ1) is 6.07. The summed E-state index contributed by atoms with van der Waals surface area (Å²) in [6.07, 6.45) is 1.65. The van der Waals surface area contributed by atoms with Crippen molar-refractivity contribution in [2.45, 2.75) is 13.0 Å². The van der Waals surface area contributed by atoms with Crippen LogP contribution in [0.5, 0.6) is 0 Å². The van der Waals surface area contributed by atoms with Gasteiger partial charge in [-0.3, -0.25) is 4.79 Å². The maximum absolute atomic E-state index is 11.2. The van der Waals surface area contributed by atoms with Crippen LogP contribution < -0.4 is 10.6 Å². The SMILES string of the molecule is C=CCNC(=O)C(C)NCC(=C)Br. The summed E-state index contributed by atoms with van der Waals surface area (Å²) in [5, 5.41) is 5.69. The molecule has 0 fully saturated rings. The highest BCUT2D eigenvalue weighted by Crippen LogP contribution is 1.97. The molecule has 1 unspecified atom stereocenters. The van der Waals surface area contributed by atoms with Gasteiger partial charge in [-0.2, -0.15) is 0 Å². The van der Waals surface area contributed by atoms with Crippen LogP contribution in [0.4, 0.5) is 0 Å². The van der Waals surface area contributed by atoms with E-state index in [1.807, 2.05) is 0 Å². The maximum atomic E-state index is 11.2. The van der Waals surface area contributed by atoms with Gasteiger partial charge in [0.05, 0.1) is 6.04 Å². The van der Waals surface area contributed by atoms with E-state index in [-0.39, 0.29) is 11.9 Å². The average molecular weight is 247 g/mol. The van der Waals surface area contributed by atoms with Crippen LogP contribution in [0.15, 0.2) is 23.7 Å². The van der Waals surface area contributed by atoms with Crippen molar-refractivity contribution in [3.8, 4) is 0 Å². The summed E-state index contributed by atoms with van der Waals surface area (Å²) in [6, 6.07) is -0.214. The molecule has 0 spiro atoms. The summed E-state index contributed by atoms with van der Waals surface area (Å²) >= 11 is 3.20. The smallest absolute Gasteiger partial charge is 0.237 e. The van der Waals surface area contributed by atoms with E-state index in [1.54, 1.807) is 13.0 Å². The number of amides is 1. The summed E-state index contributed by atoms with van der Waals surface area (Å²) in [7, 11) is 0. The van der Waals surface area contributed by atoms with E-state index < -0.39 is 0 Å². The zero-order chi connectivity index (χ0) is 10.3. The van der Waals surface area contributed by atoms with Gasteiger partial charge in [-0.25, -0.2) is 0 Å². The van der Waals surface area contributed by atoms with Gasteiger partial charge in [0, 0.05) is 17.6 Å². The number of rotatable bonds is 6. The minimum Gasteiger partial charge on any atom is -0.351 e. The van der Waals surface area contributed by atoms with Crippen molar-refractivity contribution in [1.29, 1.82) is 0 Å². The molecule has 74 valence electrons. The third-order valence-corrected chi connectivity index (χ3v) is 1.69. The Kier molecular flexibility index (Phi) is 6.54. The van der Waals surface area contributed by atoms with Gasteiger partial charge in [0.1, 0.15) is 0 Å². The second-order valence-electron chi connectivity index (χ2n) is 2.65. The van der Waals surface area contributed by atoms with Crippen LogP contribution in [0.1, 0.15) is 6.92 Å². The fraction of sp³-hybridized carbons (Fsp3) is 0.444. The van der Waals surface area contributed by atoms with Gasteiger partial charge in [-0.15, -0.1) is 6.58 Å². The van der Waals surface area contributed by atoms with Gasteiger partial charge in [0.15, 0.2) is 0 Å². The fourth-order valence-electron chi connectivity index (χ4n) is 0.682.